The molecule has 0 aliphatic heterocycles. The van der Waals surface area contributed by atoms with Crippen LogP contribution in [-0.2, 0) is 22.4 Å². The topological polar surface area (TPSA) is 58.6 Å². The number of aryl methyl sites for hydroxylation is 2. The molecular formula is C20H21FN2O3. The molecule has 1 N–H and O–H groups in total. The van der Waals surface area contributed by atoms with Gasteiger partial charge in [-0.25, -0.2) is 4.39 Å². The minimum absolute atomic E-state index is 0.107. The van der Waals surface area contributed by atoms with Gasteiger partial charge < -0.3 is 15.0 Å². The Morgan fingerprint density at radius 2 is 1.85 bits per heavy atom. The van der Waals surface area contributed by atoms with Gasteiger partial charge >= 0.3 is 0 Å². The summed E-state index contributed by atoms with van der Waals surface area (Å²) in [6, 6.07) is 11.3. The van der Waals surface area contributed by atoms with Crippen LogP contribution in [0, 0.1) is 5.82 Å². The van der Waals surface area contributed by atoms with Crippen LogP contribution in [-0.4, -0.2) is 36.9 Å². The summed E-state index contributed by atoms with van der Waals surface area (Å²) in [5.41, 5.74) is 3.10. The summed E-state index contributed by atoms with van der Waals surface area (Å²) < 4.78 is 18.4. The Hall–Kier alpha value is -2.89. The highest BCUT2D eigenvalue weighted by Gasteiger charge is 2.15. The first-order valence-electron chi connectivity index (χ1n) is 8.55. The monoisotopic (exact) mass is 356 g/mol. The fourth-order valence-corrected chi connectivity index (χ4v) is 2.93. The molecule has 0 saturated heterocycles. The highest BCUT2D eigenvalue weighted by Crippen LogP contribution is 2.25. The first kappa shape index (κ1) is 17.9. The lowest BCUT2D eigenvalue weighted by molar-refractivity contribution is -0.135. The third-order valence-corrected chi connectivity index (χ3v) is 4.37. The molecule has 3 rings (SSSR count). The first-order valence-corrected chi connectivity index (χ1v) is 8.55. The van der Waals surface area contributed by atoms with Crippen molar-refractivity contribution in [3.8, 4) is 5.75 Å². The normalized spacial score (nSPS) is 12.4. The summed E-state index contributed by atoms with van der Waals surface area (Å²) in [5.74, 6) is -0.355. The van der Waals surface area contributed by atoms with Gasteiger partial charge in [-0.3, -0.25) is 9.59 Å². The van der Waals surface area contributed by atoms with E-state index in [1.165, 1.54) is 40.3 Å². The van der Waals surface area contributed by atoms with E-state index in [4.69, 9.17) is 4.74 Å². The molecule has 1 aliphatic rings. The van der Waals surface area contributed by atoms with E-state index in [0.29, 0.717) is 11.4 Å². The summed E-state index contributed by atoms with van der Waals surface area (Å²) in [5, 5.41) is 2.62. The lowest BCUT2D eigenvalue weighted by Gasteiger charge is -2.17. The van der Waals surface area contributed by atoms with Crippen molar-refractivity contribution in [2.45, 2.75) is 19.3 Å². The van der Waals surface area contributed by atoms with Gasteiger partial charge in [0.2, 0.25) is 5.91 Å². The molecule has 2 amide bonds. The minimum Gasteiger partial charge on any atom is -0.484 e. The van der Waals surface area contributed by atoms with Crippen LogP contribution in [0.1, 0.15) is 17.5 Å². The number of hydrogen-bond acceptors (Lipinski definition) is 3. The number of rotatable bonds is 6. The quantitative estimate of drug-likeness (QED) is 0.866. The smallest absolute Gasteiger partial charge is 0.260 e. The van der Waals surface area contributed by atoms with Crippen LogP contribution in [0.4, 0.5) is 10.1 Å². The van der Waals surface area contributed by atoms with Crippen molar-refractivity contribution in [2.75, 3.05) is 25.5 Å². The number of anilines is 1. The maximum absolute atomic E-state index is 12.9. The number of hydrogen-bond donors (Lipinski definition) is 1. The molecular weight excluding hydrogens is 335 g/mol. The standard InChI is InChI=1S/C20H21FN2O3/c1-23(12-19(24)22-17-8-6-16(21)7-9-17)20(25)13-26-18-10-5-14-3-2-4-15(14)11-18/h5-11H,2-4,12-13H2,1H3,(H,22,24). The van der Waals surface area contributed by atoms with Crippen LogP contribution in [0.25, 0.3) is 0 Å². The molecule has 6 heteroatoms. The van der Waals surface area contributed by atoms with Crippen molar-refractivity contribution < 1.29 is 18.7 Å². The average Bonchev–Trinajstić information content (AvgIpc) is 3.09. The Bertz CT molecular complexity index is 805. The summed E-state index contributed by atoms with van der Waals surface area (Å²) in [6.45, 7) is -0.233. The van der Waals surface area contributed by atoms with Gasteiger partial charge in [-0.2, -0.15) is 0 Å². The fourth-order valence-electron chi connectivity index (χ4n) is 2.93. The zero-order chi connectivity index (χ0) is 18.5. The molecule has 5 nitrogen and oxygen atoms in total. The molecule has 0 bridgehead atoms. The molecule has 1 aliphatic carbocycles. The largest absolute Gasteiger partial charge is 0.484 e. The highest BCUT2D eigenvalue weighted by atomic mass is 19.1. The van der Waals surface area contributed by atoms with Crippen LogP contribution in [0.5, 0.6) is 5.75 Å². The number of benzene rings is 2. The van der Waals surface area contributed by atoms with Crippen LogP contribution in [0.2, 0.25) is 0 Å². The second-order valence-electron chi connectivity index (χ2n) is 6.38. The first-order chi connectivity index (χ1) is 12.5. The van der Waals surface area contributed by atoms with E-state index < -0.39 is 0 Å². The van der Waals surface area contributed by atoms with Crippen LogP contribution >= 0.6 is 0 Å². The number of likely N-dealkylation sites (N-methyl/N-ethyl adjacent to an activating group) is 1. The number of halogens is 1. The Morgan fingerprint density at radius 3 is 2.62 bits per heavy atom. The summed E-state index contributed by atoms with van der Waals surface area (Å²) >= 11 is 0. The van der Waals surface area contributed by atoms with Gasteiger partial charge in [0, 0.05) is 12.7 Å². The molecule has 0 fully saturated rings. The molecule has 0 atom stereocenters. The molecule has 0 spiro atoms. The van der Waals surface area contributed by atoms with Gasteiger partial charge in [0.15, 0.2) is 6.61 Å². The number of amides is 2. The van der Waals surface area contributed by atoms with Gasteiger partial charge in [0.1, 0.15) is 11.6 Å². The van der Waals surface area contributed by atoms with Crippen molar-refractivity contribution >= 4 is 17.5 Å². The molecule has 136 valence electrons. The number of nitrogens with zero attached hydrogens (tertiary/aromatic N) is 1. The molecule has 0 unspecified atom stereocenters. The molecule has 0 saturated carbocycles. The Kier molecular flexibility index (Phi) is 5.51. The Morgan fingerprint density at radius 1 is 1.12 bits per heavy atom. The van der Waals surface area contributed by atoms with E-state index in [1.54, 1.807) is 7.05 Å². The van der Waals surface area contributed by atoms with Gasteiger partial charge in [-0.1, -0.05) is 6.07 Å². The van der Waals surface area contributed by atoms with E-state index in [-0.39, 0.29) is 30.8 Å². The number of nitrogens with one attached hydrogen (secondary N) is 1. The predicted octanol–water partition coefficient (Wildman–Crippen LogP) is 2.79. The molecule has 0 radical (unpaired) electrons. The SMILES string of the molecule is CN(CC(=O)Nc1ccc(F)cc1)C(=O)COc1ccc2c(c1)CCC2. The van der Waals surface area contributed by atoms with E-state index >= 15 is 0 Å². The highest BCUT2D eigenvalue weighted by molar-refractivity contribution is 5.94. The minimum atomic E-state index is -0.376. The Labute approximate surface area is 151 Å². The van der Waals surface area contributed by atoms with Gasteiger partial charge in [0.25, 0.3) is 5.91 Å². The fraction of sp³-hybridized carbons (Fsp3) is 0.300. The summed E-state index contributed by atoms with van der Waals surface area (Å²) in [4.78, 5) is 25.4. The maximum Gasteiger partial charge on any atom is 0.260 e. The molecule has 2 aromatic rings. The van der Waals surface area contributed by atoms with Crippen molar-refractivity contribution in [1.29, 1.82) is 0 Å². The second-order valence-corrected chi connectivity index (χ2v) is 6.38. The van der Waals surface area contributed by atoms with Crippen molar-refractivity contribution in [1.82, 2.24) is 4.90 Å². The van der Waals surface area contributed by atoms with Crippen LogP contribution < -0.4 is 10.1 Å². The van der Waals surface area contributed by atoms with Crippen LogP contribution in [0.3, 0.4) is 0 Å². The van der Waals surface area contributed by atoms with E-state index in [1.807, 2.05) is 18.2 Å². The molecule has 2 aromatic carbocycles. The lowest BCUT2D eigenvalue weighted by Crippen LogP contribution is -2.37. The van der Waals surface area contributed by atoms with Crippen LogP contribution in [0.15, 0.2) is 42.5 Å². The average molecular weight is 356 g/mol. The third kappa shape index (κ3) is 4.59. The van der Waals surface area contributed by atoms with Gasteiger partial charge in [0.05, 0.1) is 6.54 Å². The molecule has 0 heterocycles. The predicted molar refractivity (Wildman–Crippen MR) is 96.6 cm³/mol. The second kappa shape index (κ2) is 7.99. The number of carbonyl (C=O) groups is 2. The van der Waals surface area contributed by atoms with Crippen molar-refractivity contribution in [3.63, 3.8) is 0 Å². The van der Waals surface area contributed by atoms with E-state index in [2.05, 4.69) is 5.32 Å². The molecule has 0 aromatic heterocycles. The summed E-state index contributed by atoms with van der Waals surface area (Å²) in [6.07, 6.45) is 3.30. The molecule has 26 heavy (non-hydrogen) atoms. The zero-order valence-electron chi connectivity index (χ0n) is 14.6. The number of carbonyl (C=O) groups excluding carboxylic acids is 2. The van der Waals surface area contributed by atoms with E-state index in [9.17, 15) is 14.0 Å². The number of fused-ring (bicyclic) bond motifs is 1. The number of ether oxygens (including phenoxy) is 1. The Balaban J connectivity index is 1.46. The van der Waals surface area contributed by atoms with E-state index in [0.717, 1.165) is 19.3 Å². The van der Waals surface area contributed by atoms with Crippen molar-refractivity contribution in [3.05, 3.63) is 59.4 Å². The third-order valence-electron chi connectivity index (χ3n) is 4.37. The summed E-state index contributed by atoms with van der Waals surface area (Å²) in [7, 11) is 1.54. The maximum atomic E-state index is 12.9. The lowest BCUT2D eigenvalue weighted by atomic mass is 10.1. The zero-order valence-corrected chi connectivity index (χ0v) is 14.6. The van der Waals surface area contributed by atoms with Crippen molar-refractivity contribution in [2.24, 2.45) is 0 Å². The van der Waals surface area contributed by atoms with Gasteiger partial charge in [-0.15, -0.1) is 0 Å². The van der Waals surface area contributed by atoms with Gasteiger partial charge in [-0.05, 0) is 66.8 Å².